The lowest BCUT2D eigenvalue weighted by Crippen LogP contribution is -2.05. The molecule has 0 unspecified atom stereocenters. The van der Waals surface area contributed by atoms with Gasteiger partial charge in [0, 0.05) is 15.4 Å². The van der Waals surface area contributed by atoms with Crippen LogP contribution >= 0.6 is 27.7 Å². The molecule has 1 aromatic carbocycles. The fourth-order valence-corrected chi connectivity index (χ4v) is 2.34. The van der Waals surface area contributed by atoms with E-state index in [1.807, 2.05) is 6.92 Å². The van der Waals surface area contributed by atoms with Crippen molar-refractivity contribution in [3.63, 3.8) is 0 Å². The maximum absolute atomic E-state index is 5.77. The van der Waals surface area contributed by atoms with Crippen LogP contribution in [0.2, 0.25) is 0 Å². The summed E-state index contributed by atoms with van der Waals surface area (Å²) in [6, 6.07) is 6.35. The molecule has 0 amide bonds. The van der Waals surface area contributed by atoms with Gasteiger partial charge in [-0.1, -0.05) is 22.0 Å². The molecular weight excluding hydrogens is 234 g/mol. The zero-order valence-corrected chi connectivity index (χ0v) is 9.58. The number of halogens is 1. The lowest BCUT2D eigenvalue weighted by atomic mass is 10.1. The number of benzene rings is 1. The zero-order chi connectivity index (χ0) is 9.14. The summed E-state index contributed by atoms with van der Waals surface area (Å²) in [4.78, 5) is 1.26. The number of thioether (sulfide) groups is 1. The van der Waals surface area contributed by atoms with Gasteiger partial charge in [-0.05, 0) is 30.9 Å². The average molecular weight is 246 g/mol. The Morgan fingerprint density at radius 3 is 2.58 bits per heavy atom. The molecule has 0 spiro atoms. The van der Waals surface area contributed by atoms with E-state index in [0.717, 1.165) is 10.0 Å². The number of hydrogen-bond acceptors (Lipinski definition) is 2. The molecule has 1 atom stereocenters. The maximum Gasteiger partial charge on any atom is 0.0277 e. The Labute approximate surface area is 85.9 Å². The van der Waals surface area contributed by atoms with Crippen LogP contribution in [0.25, 0.3) is 0 Å². The molecular formula is C9H12BrNS. The molecule has 0 saturated heterocycles. The van der Waals surface area contributed by atoms with Crippen molar-refractivity contribution >= 4 is 27.7 Å². The summed E-state index contributed by atoms with van der Waals surface area (Å²) in [7, 11) is 0. The van der Waals surface area contributed by atoms with Crippen molar-refractivity contribution < 1.29 is 0 Å². The zero-order valence-electron chi connectivity index (χ0n) is 7.17. The minimum Gasteiger partial charge on any atom is -0.324 e. The van der Waals surface area contributed by atoms with Gasteiger partial charge in [-0.15, -0.1) is 11.8 Å². The predicted molar refractivity (Wildman–Crippen MR) is 58.5 cm³/mol. The van der Waals surface area contributed by atoms with Gasteiger partial charge in [0.15, 0.2) is 0 Å². The standard InChI is InChI=1S/C9H12BrNS/c1-6(11)8-4-3-7(12-2)5-9(8)10/h3-6H,11H2,1-2H3/t6-/m0/s1. The van der Waals surface area contributed by atoms with Crippen LogP contribution in [0.5, 0.6) is 0 Å². The van der Waals surface area contributed by atoms with Crippen molar-refractivity contribution in [2.45, 2.75) is 17.9 Å². The minimum absolute atomic E-state index is 0.0929. The molecule has 0 aromatic heterocycles. The molecule has 0 aliphatic carbocycles. The number of hydrogen-bond donors (Lipinski definition) is 1. The first-order chi connectivity index (χ1) is 5.65. The van der Waals surface area contributed by atoms with Crippen molar-refractivity contribution in [1.82, 2.24) is 0 Å². The molecule has 1 rings (SSSR count). The van der Waals surface area contributed by atoms with E-state index < -0.39 is 0 Å². The third kappa shape index (κ3) is 2.25. The normalized spacial score (nSPS) is 13.0. The third-order valence-electron chi connectivity index (χ3n) is 1.70. The van der Waals surface area contributed by atoms with E-state index in [9.17, 15) is 0 Å². The van der Waals surface area contributed by atoms with Gasteiger partial charge in [-0.2, -0.15) is 0 Å². The molecule has 0 heterocycles. The highest BCUT2D eigenvalue weighted by molar-refractivity contribution is 9.10. The molecule has 3 heteroatoms. The second-order valence-electron chi connectivity index (χ2n) is 2.68. The van der Waals surface area contributed by atoms with E-state index in [0.29, 0.717) is 0 Å². The fourth-order valence-electron chi connectivity index (χ4n) is 1.00. The van der Waals surface area contributed by atoms with Gasteiger partial charge >= 0.3 is 0 Å². The molecule has 66 valence electrons. The summed E-state index contributed by atoms with van der Waals surface area (Å²) in [6.07, 6.45) is 2.06. The van der Waals surface area contributed by atoms with E-state index >= 15 is 0 Å². The van der Waals surface area contributed by atoms with Crippen LogP contribution in [-0.4, -0.2) is 6.26 Å². The molecule has 2 N–H and O–H groups in total. The van der Waals surface area contributed by atoms with Crippen LogP contribution in [0.1, 0.15) is 18.5 Å². The Bertz CT molecular complexity index is 273. The van der Waals surface area contributed by atoms with Crippen LogP contribution in [-0.2, 0) is 0 Å². The lowest BCUT2D eigenvalue weighted by Gasteiger charge is -2.08. The third-order valence-corrected chi connectivity index (χ3v) is 3.11. The molecule has 0 aliphatic rings. The largest absolute Gasteiger partial charge is 0.324 e. The fraction of sp³-hybridized carbons (Fsp3) is 0.333. The van der Waals surface area contributed by atoms with Gasteiger partial charge in [0.1, 0.15) is 0 Å². The van der Waals surface area contributed by atoms with Crippen LogP contribution in [0.4, 0.5) is 0 Å². The first-order valence-corrected chi connectivity index (χ1v) is 5.76. The Hall–Kier alpha value is 0.01000. The summed E-state index contributed by atoms with van der Waals surface area (Å²) in [6.45, 7) is 1.98. The summed E-state index contributed by atoms with van der Waals surface area (Å²) in [5.41, 5.74) is 6.93. The maximum atomic E-state index is 5.77. The van der Waals surface area contributed by atoms with Crippen LogP contribution in [0.3, 0.4) is 0 Å². The molecule has 0 aliphatic heterocycles. The van der Waals surface area contributed by atoms with Crippen molar-refractivity contribution in [1.29, 1.82) is 0 Å². The molecule has 0 radical (unpaired) electrons. The average Bonchev–Trinajstić information content (AvgIpc) is 2.03. The topological polar surface area (TPSA) is 26.0 Å². The SMILES string of the molecule is CSc1ccc([C@H](C)N)c(Br)c1. The lowest BCUT2D eigenvalue weighted by molar-refractivity contribution is 0.811. The minimum atomic E-state index is 0.0929. The molecule has 0 saturated carbocycles. The molecule has 0 fully saturated rings. The van der Waals surface area contributed by atoms with Crippen LogP contribution in [0, 0.1) is 0 Å². The van der Waals surface area contributed by atoms with Crippen LogP contribution in [0.15, 0.2) is 27.6 Å². The Balaban J connectivity index is 3.03. The van der Waals surface area contributed by atoms with Gasteiger partial charge in [-0.25, -0.2) is 0 Å². The highest BCUT2D eigenvalue weighted by atomic mass is 79.9. The second-order valence-corrected chi connectivity index (χ2v) is 4.41. The van der Waals surface area contributed by atoms with Gasteiger partial charge in [0.05, 0.1) is 0 Å². The van der Waals surface area contributed by atoms with Gasteiger partial charge in [0.25, 0.3) is 0 Å². The summed E-state index contributed by atoms with van der Waals surface area (Å²) in [5, 5.41) is 0. The number of rotatable bonds is 2. The Morgan fingerprint density at radius 1 is 1.50 bits per heavy atom. The van der Waals surface area contributed by atoms with E-state index in [-0.39, 0.29) is 6.04 Å². The Kier molecular flexibility index (Phi) is 3.62. The van der Waals surface area contributed by atoms with Crippen LogP contribution < -0.4 is 5.73 Å². The molecule has 12 heavy (non-hydrogen) atoms. The summed E-state index contributed by atoms with van der Waals surface area (Å²) >= 11 is 5.23. The van der Waals surface area contributed by atoms with Gasteiger partial charge < -0.3 is 5.73 Å². The molecule has 1 nitrogen and oxygen atoms in total. The summed E-state index contributed by atoms with van der Waals surface area (Å²) in [5.74, 6) is 0. The van der Waals surface area contributed by atoms with Crippen molar-refractivity contribution in [3.05, 3.63) is 28.2 Å². The molecule has 1 aromatic rings. The monoisotopic (exact) mass is 245 g/mol. The summed E-state index contributed by atoms with van der Waals surface area (Å²) < 4.78 is 1.10. The molecule has 0 bridgehead atoms. The van der Waals surface area contributed by atoms with Gasteiger partial charge in [0.2, 0.25) is 0 Å². The van der Waals surface area contributed by atoms with Crippen molar-refractivity contribution in [3.8, 4) is 0 Å². The first kappa shape index (κ1) is 10.1. The van der Waals surface area contributed by atoms with Gasteiger partial charge in [-0.3, -0.25) is 0 Å². The van der Waals surface area contributed by atoms with Crippen molar-refractivity contribution in [2.24, 2.45) is 5.73 Å². The predicted octanol–water partition coefficient (Wildman–Crippen LogP) is 3.19. The smallest absolute Gasteiger partial charge is 0.0277 e. The van der Waals surface area contributed by atoms with E-state index in [1.54, 1.807) is 11.8 Å². The second kappa shape index (κ2) is 4.30. The highest BCUT2D eigenvalue weighted by Gasteiger charge is 2.04. The van der Waals surface area contributed by atoms with E-state index in [1.165, 1.54) is 4.90 Å². The van der Waals surface area contributed by atoms with E-state index in [2.05, 4.69) is 40.4 Å². The van der Waals surface area contributed by atoms with E-state index in [4.69, 9.17) is 5.73 Å². The van der Waals surface area contributed by atoms with Crippen molar-refractivity contribution in [2.75, 3.05) is 6.26 Å². The number of nitrogens with two attached hydrogens (primary N) is 1. The Morgan fingerprint density at radius 2 is 2.17 bits per heavy atom. The highest BCUT2D eigenvalue weighted by Crippen LogP contribution is 2.26. The quantitative estimate of drug-likeness (QED) is 0.811. The first-order valence-electron chi connectivity index (χ1n) is 3.74.